The summed E-state index contributed by atoms with van der Waals surface area (Å²) < 4.78 is 6.92. The van der Waals surface area contributed by atoms with E-state index in [9.17, 15) is 4.79 Å². The maximum atomic E-state index is 11.2. The minimum atomic E-state index is -0.0272. The van der Waals surface area contributed by atoms with Crippen molar-refractivity contribution in [2.24, 2.45) is 0 Å². The molecule has 0 aliphatic heterocycles. The van der Waals surface area contributed by atoms with E-state index in [1.165, 1.54) is 21.7 Å². The van der Waals surface area contributed by atoms with Crippen LogP contribution in [0.2, 0.25) is 0 Å². The smallest absolute Gasteiger partial charge is 0.279 e. The molecular formula is C11H13N3O2S. The first-order valence-electron chi connectivity index (χ1n) is 5.31. The van der Waals surface area contributed by atoms with Gasteiger partial charge >= 0.3 is 0 Å². The molecule has 0 saturated carbocycles. The minimum Gasteiger partial charge on any atom is -0.478 e. The Balaban J connectivity index is 1.64. The van der Waals surface area contributed by atoms with Crippen LogP contribution in [-0.2, 0) is 0 Å². The molecule has 2 heterocycles. The van der Waals surface area contributed by atoms with Gasteiger partial charge in [-0.3, -0.25) is 4.79 Å². The lowest BCUT2D eigenvalue weighted by molar-refractivity contribution is 0.302. The normalized spacial score (nSPS) is 10.1. The third-order valence-electron chi connectivity index (χ3n) is 2.04. The van der Waals surface area contributed by atoms with Crippen LogP contribution < -0.4 is 15.7 Å². The van der Waals surface area contributed by atoms with E-state index in [0.29, 0.717) is 19.0 Å². The van der Waals surface area contributed by atoms with E-state index in [-0.39, 0.29) is 5.56 Å². The van der Waals surface area contributed by atoms with Crippen LogP contribution in [0.4, 0.5) is 0 Å². The number of pyridine rings is 1. The summed E-state index contributed by atoms with van der Waals surface area (Å²) in [5.74, 6) is 0.626. The molecule has 0 fully saturated rings. The molecule has 90 valence electrons. The van der Waals surface area contributed by atoms with Gasteiger partial charge in [-0.1, -0.05) is 6.07 Å². The van der Waals surface area contributed by atoms with Gasteiger partial charge in [0.2, 0.25) is 5.88 Å². The van der Waals surface area contributed by atoms with Crippen molar-refractivity contribution < 1.29 is 4.74 Å². The van der Waals surface area contributed by atoms with Crippen molar-refractivity contribution >= 4 is 11.5 Å². The molecule has 2 aromatic rings. The molecule has 0 radical (unpaired) electrons. The molecule has 0 amide bonds. The van der Waals surface area contributed by atoms with Crippen molar-refractivity contribution in [2.75, 3.05) is 18.6 Å². The Hall–Kier alpha value is -1.82. The van der Waals surface area contributed by atoms with Crippen LogP contribution in [0, 0.1) is 0 Å². The standard InChI is InChI=1S/C11H13N3O2S/c15-11-5-9-17-14(11)13-7-3-8-16-10-4-1-2-6-12-10/h1-2,4-6,9,13H,3,7-8H2. The lowest BCUT2D eigenvalue weighted by Gasteiger charge is -2.06. The largest absolute Gasteiger partial charge is 0.478 e. The Morgan fingerprint density at radius 3 is 3.06 bits per heavy atom. The van der Waals surface area contributed by atoms with Gasteiger partial charge in [0.25, 0.3) is 5.56 Å². The quantitative estimate of drug-likeness (QED) is 0.787. The fourth-order valence-corrected chi connectivity index (χ4v) is 1.88. The van der Waals surface area contributed by atoms with Crippen molar-refractivity contribution in [2.45, 2.75) is 6.42 Å². The van der Waals surface area contributed by atoms with Crippen LogP contribution in [0.1, 0.15) is 6.42 Å². The molecule has 2 rings (SSSR count). The highest BCUT2D eigenvalue weighted by Crippen LogP contribution is 2.03. The average Bonchev–Trinajstić information content (AvgIpc) is 2.76. The van der Waals surface area contributed by atoms with Gasteiger partial charge in [-0.2, -0.15) is 4.07 Å². The molecule has 1 N–H and O–H groups in total. The van der Waals surface area contributed by atoms with Crippen LogP contribution in [0.15, 0.2) is 40.6 Å². The lowest BCUT2D eigenvalue weighted by Crippen LogP contribution is -2.24. The van der Waals surface area contributed by atoms with Gasteiger partial charge in [0.05, 0.1) is 6.61 Å². The molecule has 0 aromatic carbocycles. The monoisotopic (exact) mass is 251 g/mol. The average molecular weight is 251 g/mol. The number of aromatic nitrogens is 2. The van der Waals surface area contributed by atoms with Gasteiger partial charge in [-0.25, -0.2) is 4.98 Å². The fraction of sp³-hybridized carbons (Fsp3) is 0.273. The lowest BCUT2D eigenvalue weighted by atomic mass is 10.4. The molecule has 0 aliphatic carbocycles. The molecule has 0 saturated heterocycles. The Morgan fingerprint density at radius 2 is 2.35 bits per heavy atom. The number of ether oxygens (including phenoxy) is 1. The first kappa shape index (κ1) is 11.7. The predicted molar refractivity (Wildman–Crippen MR) is 67.2 cm³/mol. The van der Waals surface area contributed by atoms with Crippen LogP contribution in [0.5, 0.6) is 5.88 Å². The van der Waals surface area contributed by atoms with E-state index < -0.39 is 0 Å². The maximum absolute atomic E-state index is 11.2. The summed E-state index contributed by atoms with van der Waals surface area (Å²) in [6, 6.07) is 7.07. The van der Waals surface area contributed by atoms with Crippen LogP contribution in [0.3, 0.4) is 0 Å². The SMILES string of the molecule is O=c1ccsn1NCCCOc1ccccn1. The van der Waals surface area contributed by atoms with Gasteiger partial charge in [-0.05, 0) is 17.6 Å². The molecular weight excluding hydrogens is 238 g/mol. The topological polar surface area (TPSA) is 56.2 Å². The zero-order valence-electron chi connectivity index (χ0n) is 9.20. The van der Waals surface area contributed by atoms with Gasteiger partial charge < -0.3 is 10.2 Å². The second kappa shape index (κ2) is 6.05. The van der Waals surface area contributed by atoms with Crippen molar-refractivity contribution in [3.05, 3.63) is 46.2 Å². The minimum absolute atomic E-state index is 0.0272. The summed E-state index contributed by atoms with van der Waals surface area (Å²) in [6.45, 7) is 1.26. The van der Waals surface area contributed by atoms with Crippen molar-refractivity contribution in [3.63, 3.8) is 0 Å². The van der Waals surface area contributed by atoms with Crippen molar-refractivity contribution in [3.8, 4) is 5.88 Å². The first-order chi connectivity index (χ1) is 8.36. The van der Waals surface area contributed by atoms with E-state index in [1.807, 2.05) is 18.2 Å². The number of rotatable bonds is 6. The number of nitrogens with one attached hydrogen (secondary N) is 1. The Labute approximate surface area is 103 Å². The summed E-state index contributed by atoms with van der Waals surface area (Å²) >= 11 is 1.34. The molecule has 17 heavy (non-hydrogen) atoms. The summed E-state index contributed by atoms with van der Waals surface area (Å²) in [6.07, 6.45) is 2.50. The summed E-state index contributed by atoms with van der Waals surface area (Å²) in [4.78, 5) is 15.2. The summed E-state index contributed by atoms with van der Waals surface area (Å²) in [5.41, 5.74) is 2.97. The highest BCUT2D eigenvalue weighted by molar-refractivity contribution is 7.04. The summed E-state index contributed by atoms with van der Waals surface area (Å²) in [5, 5.41) is 1.75. The molecule has 5 nitrogen and oxygen atoms in total. The van der Waals surface area contributed by atoms with Crippen LogP contribution >= 0.6 is 11.5 Å². The maximum Gasteiger partial charge on any atom is 0.279 e. The second-order valence-electron chi connectivity index (χ2n) is 3.32. The molecule has 0 aliphatic rings. The van der Waals surface area contributed by atoms with Crippen molar-refractivity contribution in [1.82, 2.24) is 9.05 Å². The number of hydrogen-bond acceptors (Lipinski definition) is 5. The number of nitrogens with zero attached hydrogens (tertiary/aromatic N) is 2. The second-order valence-corrected chi connectivity index (χ2v) is 4.17. The molecule has 2 aromatic heterocycles. The molecule has 0 bridgehead atoms. The fourth-order valence-electron chi connectivity index (χ4n) is 1.25. The van der Waals surface area contributed by atoms with Crippen LogP contribution in [-0.4, -0.2) is 22.2 Å². The highest BCUT2D eigenvalue weighted by atomic mass is 32.1. The molecule has 0 atom stereocenters. The molecule has 0 unspecified atom stereocenters. The predicted octanol–water partition coefficient (Wildman–Crippen LogP) is 1.32. The third-order valence-corrected chi connectivity index (χ3v) is 2.82. The van der Waals surface area contributed by atoms with E-state index in [4.69, 9.17) is 4.74 Å². The van der Waals surface area contributed by atoms with E-state index >= 15 is 0 Å². The molecule has 0 spiro atoms. The van der Waals surface area contributed by atoms with Gasteiger partial charge in [0.1, 0.15) is 0 Å². The van der Waals surface area contributed by atoms with E-state index in [1.54, 1.807) is 11.6 Å². The van der Waals surface area contributed by atoms with Crippen molar-refractivity contribution in [1.29, 1.82) is 0 Å². The Kier molecular flexibility index (Phi) is 4.15. The third kappa shape index (κ3) is 3.60. The Morgan fingerprint density at radius 1 is 1.41 bits per heavy atom. The van der Waals surface area contributed by atoms with Gasteiger partial charge in [0.15, 0.2) is 0 Å². The summed E-state index contributed by atoms with van der Waals surface area (Å²) in [7, 11) is 0. The zero-order chi connectivity index (χ0) is 11.9. The Bertz CT molecular complexity index is 495. The van der Waals surface area contributed by atoms with Gasteiger partial charge in [-0.15, -0.1) is 0 Å². The van der Waals surface area contributed by atoms with Crippen LogP contribution in [0.25, 0.3) is 0 Å². The first-order valence-corrected chi connectivity index (χ1v) is 6.15. The number of hydrogen-bond donors (Lipinski definition) is 1. The van der Waals surface area contributed by atoms with Gasteiger partial charge in [0, 0.05) is 36.7 Å². The van der Waals surface area contributed by atoms with E-state index in [2.05, 4.69) is 10.4 Å². The highest BCUT2D eigenvalue weighted by Gasteiger charge is 1.96. The molecule has 6 heteroatoms. The van der Waals surface area contributed by atoms with E-state index in [0.717, 1.165) is 6.42 Å². The zero-order valence-corrected chi connectivity index (χ0v) is 10.0.